The minimum atomic E-state index is -0.0635. The number of nitrogens with zero attached hydrogens (tertiary/aromatic N) is 4. The summed E-state index contributed by atoms with van der Waals surface area (Å²) in [4.78, 5) is 23.8. The molecule has 0 radical (unpaired) electrons. The lowest BCUT2D eigenvalue weighted by Gasteiger charge is -2.18. The molecule has 0 spiro atoms. The maximum atomic E-state index is 12.8. The first-order valence-electron chi connectivity index (χ1n) is 9.68. The Kier molecular flexibility index (Phi) is 4.74. The number of rotatable bonds is 3. The summed E-state index contributed by atoms with van der Waals surface area (Å²) >= 11 is 0. The van der Waals surface area contributed by atoms with Gasteiger partial charge in [0.05, 0.1) is 5.69 Å². The molecule has 26 heavy (non-hydrogen) atoms. The van der Waals surface area contributed by atoms with Gasteiger partial charge in [-0.05, 0) is 39.2 Å². The second-order valence-electron chi connectivity index (χ2n) is 7.70. The molecule has 2 fully saturated rings. The highest BCUT2D eigenvalue weighted by molar-refractivity contribution is 5.91. The third kappa shape index (κ3) is 3.50. The quantitative estimate of drug-likeness (QED) is 0.839. The minimum Gasteiger partial charge on any atom is -0.351 e. The van der Waals surface area contributed by atoms with E-state index in [2.05, 4.69) is 15.1 Å². The van der Waals surface area contributed by atoms with Crippen LogP contribution in [0.2, 0.25) is 0 Å². The van der Waals surface area contributed by atoms with Gasteiger partial charge in [-0.2, -0.15) is 0 Å². The number of hydrogen-bond donors (Lipinski definition) is 0. The zero-order valence-electron chi connectivity index (χ0n) is 15.6. The predicted molar refractivity (Wildman–Crippen MR) is 97.1 cm³/mol. The van der Waals surface area contributed by atoms with E-state index in [4.69, 9.17) is 4.52 Å². The Balaban J connectivity index is 1.43. The molecule has 0 N–H and O–H groups in total. The van der Waals surface area contributed by atoms with Gasteiger partial charge in [-0.15, -0.1) is 0 Å². The van der Waals surface area contributed by atoms with E-state index in [1.807, 2.05) is 30.9 Å². The zero-order chi connectivity index (χ0) is 18.1. The molecule has 2 aromatic rings. The fraction of sp³-hybridized carbons (Fsp3) is 0.600. The number of carbonyl (C=O) groups excluding carboxylic acids is 1. The molecule has 2 aliphatic rings. The van der Waals surface area contributed by atoms with Crippen molar-refractivity contribution >= 4 is 5.91 Å². The topological polar surface area (TPSA) is 72.1 Å². The van der Waals surface area contributed by atoms with Crippen LogP contribution in [0.15, 0.2) is 16.7 Å². The second kappa shape index (κ2) is 7.17. The van der Waals surface area contributed by atoms with Gasteiger partial charge in [0.1, 0.15) is 5.82 Å². The van der Waals surface area contributed by atoms with Gasteiger partial charge < -0.3 is 9.42 Å². The molecule has 1 aliphatic carbocycles. The molecule has 0 unspecified atom stereocenters. The van der Waals surface area contributed by atoms with E-state index < -0.39 is 0 Å². The van der Waals surface area contributed by atoms with Crippen LogP contribution in [0.5, 0.6) is 0 Å². The SMILES string of the molecule is Cc1cc(C)nc([C@H]2CCN(C(=O)c3cc(C4CCCCC4)no3)C2)n1. The highest BCUT2D eigenvalue weighted by Crippen LogP contribution is 2.33. The van der Waals surface area contributed by atoms with Gasteiger partial charge in [0.15, 0.2) is 0 Å². The van der Waals surface area contributed by atoms with Gasteiger partial charge in [-0.3, -0.25) is 4.79 Å². The summed E-state index contributed by atoms with van der Waals surface area (Å²) in [6, 6.07) is 3.83. The number of likely N-dealkylation sites (tertiary alicyclic amines) is 1. The van der Waals surface area contributed by atoms with E-state index >= 15 is 0 Å². The summed E-state index contributed by atoms with van der Waals surface area (Å²) in [6.07, 6.45) is 6.97. The van der Waals surface area contributed by atoms with Crippen molar-refractivity contribution in [3.8, 4) is 0 Å². The van der Waals surface area contributed by atoms with Gasteiger partial charge in [0, 0.05) is 42.4 Å². The molecule has 4 rings (SSSR count). The van der Waals surface area contributed by atoms with E-state index in [9.17, 15) is 4.79 Å². The van der Waals surface area contributed by atoms with E-state index in [1.165, 1.54) is 19.3 Å². The summed E-state index contributed by atoms with van der Waals surface area (Å²) in [7, 11) is 0. The monoisotopic (exact) mass is 354 g/mol. The Hall–Kier alpha value is -2.24. The molecule has 1 saturated heterocycles. The maximum absolute atomic E-state index is 12.8. The van der Waals surface area contributed by atoms with Crippen molar-refractivity contribution in [2.24, 2.45) is 0 Å². The van der Waals surface area contributed by atoms with E-state index in [-0.39, 0.29) is 11.8 Å². The largest absolute Gasteiger partial charge is 0.351 e. The van der Waals surface area contributed by atoms with Crippen molar-refractivity contribution in [3.63, 3.8) is 0 Å². The smallest absolute Gasteiger partial charge is 0.292 e. The van der Waals surface area contributed by atoms with Crippen LogP contribution < -0.4 is 0 Å². The van der Waals surface area contributed by atoms with Gasteiger partial charge in [-0.1, -0.05) is 24.4 Å². The van der Waals surface area contributed by atoms with Crippen LogP contribution in [0.3, 0.4) is 0 Å². The molecule has 6 nitrogen and oxygen atoms in total. The summed E-state index contributed by atoms with van der Waals surface area (Å²) in [5.41, 5.74) is 2.90. The minimum absolute atomic E-state index is 0.0635. The molecule has 1 amide bonds. The van der Waals surface area contributed by atoms with Crippen molar-refractivity contribution in [1.82, 2.24) is 20.0 Å². The number of aromatic nitrogens is 3. The van der Waals surface area contributed by atoms with Crippen molar-refractivity contribution in [3.05, 3.63) is 40.8 Å². The third-order valence-corrected chi connectivity index (χ3v) is 5.60. The highest BCUT2D eigenvalue weighted by atomic mass is 16.5. The van der Waals surface area contributed by atoms with Crippen molar-refractivity contribution < 1.29 is 9.32 Å². The van der Waals surface area contributed by atoms with Crippen LogP contribution >= 0.6 is 0 Å². The first-order chi connectivity index (χ1) is 12.6. The van der Waals surface area contributed by atoms with Gasteiger partial charge >= 0.3 is 0 Å². The summed E-state index contributed by atoms with van der Waals surface area (Å²) in [6.45, 7) is 5.31. The van der Waals surface area contributed by atoms with Crippen molar-refractivity contribution in [2.75, 3.05) is 13.1 Å². The van der Waals surface area contributed by atoms with Crippen molar-refractivity contribution in [1.29, 1.82) is 0 Å². The Morgan fingerprint density at radius 3 is 2.50 bits per heavy atom. The molecule has 1 atom stereocenters. The number of aryl methyl sites for hydroxylation is 2. The van der Waals surface area contributed by atoms with Gasteiger partial charge in [0.2, 0.25) is 5.76 Å². The highest BCUT2D eigenvalue weighted by Gasteiger charge is 2.32. The lowest BCUT2D eigenvalue weighted by molar-refractivity contribution is 0.0749. The predicted octanol–water partition coefficient (Wildman–Crippen LogP) is 3.76. The van der Waals surface area contributed by atoms with Crippen LogP contribution in [-0.4, -0.2) is 39.0 Å². The molecule has 1 aliphatic heterocycles. The molecule has 0 bridgehead atoms. The Morgan fingerprint density at radius 1 is 1.04 bits per heavy atom. The first-order valence-corrected chi connectivity index (χ1v) is 9.68. The van der Waals surface area contributed by atoms with Crippen LogP contribution in [0.1, 0.15) is 83.8 Å². The van der Waals surface area contributed by atoms with Gasteiger partial charge in [0.25, 0.3) is 5.91 Å². The average Bonchev–Trinajstić information content (AvgIpc) is 3.31. The lowest BCUT2D eigenvalue weighted by atomic mass is 9.87. The van der Waals surface area contributed by atoms with Crippen LogP contribution in [0.4, 0.5) is 0 Å². The average molecular weight is 354 g/mol. The fourth-order valence-electron chi connectivity index (χ4n) is 4.23. The lowest BCUT2D eigenvalue weighted by Crippen LogP contribution is -2.28. The van der Waals surface area contributed by atoms with Gasteiger partial charge in [-0.25, -0.2) is 9.97 Å². The molecular weight excluding hydrogens is 328 g/mol. The van der Waals surface area contributed by atoms with E-state index in [0.29, 0.717) is 24.8 Å². The van der Waals surface area contributed by atoms with Crippen LogP contribution in [0.25, 0.3) is 0 Å². The Bertz CT molecular complexity index is 775. The second-order valence-corrected chi connectivity index (χ2v) is 7.70. The third-order valence-electron chi connectivity index (χ3n) is 5.60. The van der Waals surface area contributed by atoms with E-state index in [1.54, 1.807) is 0 Å². The number of carbonyl (C=O) groups is 1. The molecule has 1 saturated carbocycles. The number of hydrogen-bond acceptors (Lipinski definition) is 5. The first kappa shape index (κ1) is 17.2. The van der Waals surface area contributed by atoms with Crippen LogP contribution in [-0.2, 0) is 0 Å². The Labute approximate surface area is 154 Å². The molecule has 2 aromatic heterocycles. The molecule has 6 heteroatoms. The normalized spacial score (nSPS) is 21.3. The standard InChI is InChI=1S/C20H26N4O2/c1-13-10-14(2)22-19(21-13)16-8-9-24(12-16)20(25)18-11-17(23-26-18)15-6-4-3-5-7-15/h10-11,15-16H,3-9,12H2,1-2H3/t16-/m0/s1. The fourth-order valence-corrected chi connectivity index (χ4v) is 4.23. The summed E-state index contributed by atoms with van der Waals surface area (Å²) < 4.78 is 5.40. The summed E-state index contributed by atoms with van der Waals surface area (Å²) in [5.74, 6) is 1.79. The summed E-state index contributed by atoms with van der Waals surface area (Å²) in [5, 5.41) is 4.19. The molecule has 0 aromatic carbocycles. The maximum Gasteiger partial charge on any atom is 0.292 e. The molecule has 3 heterocycles. The number of amides is 1. The molecular formula is C20H26N4O2. The van der Waals surface area contributed by atoms with Crippen molar-refractivity contribution in [2.45, 2.75) is 64.2 Å². The zero-order valence-corrected chi connectivity index (χ0v) is 15.6. The van der Waals surface area contributed by atoms with E-state index in [0.717, 1.165) is 42.2 Å². The molecule has 138 valence electrons. The van der Waals surface area contributed by atoms with Crippen LogP contribution in [0, 0.1) is 13.8 Å². The Morgan fingerprint density at radius 2 is 1.77 bits per heavy atom.